The Bertz CT molecular complexity index is 522. The van der Waals surface area contributed by atoms with Gasteiger partial charge in [-0.2, -0.15) is 0 Å². The molecule has 0 aliphatic carbocycles. The lowest BCUT2D eigenvalue weighted by Gasteiger charge is -2.33. The molecule has 2 rings (SSSR count). The highest BCUT2D eigenvalue weighted by Gasteiger charge is 2.27. The number of nitrogens with zero attached hydrogens (tertiary/aromatic N) is 3. The summed E-state index contributed by atoms with van der Waals surface area (Å²) in [7, 11) is 3.61. The molecule has 0 N–H and O–H groups in total. The van der Waals surface area contributed by atoms with Crippen LogP contribution in [0.2, 0.25) is 0 Å². The Labute approximate surface area is 138 Å². The number of likely N-dealkylation sites (N-methyl/N-ethyl adjacent to an activating group) is 1. The Morgan fingerprint density at radius 1 is 1.13 bits per heavy atom. The zero-order valence-electron chi connectivity index (χ0n) is 14.4. The molecule has 0 atom stereocenters. The second-order valence-electron chi connectivity index (χ2n) is 6.26. The average Bonchev–Trinajstić information content (AvgIpc) is 2.56. The zero-order valence-corrected chi connectivity index (χ0v) is 14.4. The van der Waals surface area contributed by atoms with Crippen LogP contribution in [0.3, 0.4) is 0 Å². The molecule has 0 spiro atoms. The van der Waals surface area contributed by atoms with Gasteiger partial charge in [0, 0.05) is 32.2 Å². The standard InChI is InChI=1S/C18H27N3O2/c1-4-21(16-8-6-5-7-9-16)17(22)14-20-12-10-15(11-13-20)18(23)19(2)3/h5-9,15H,4,10-14H2,1-3H3. The van der Waals surface area contributed by atoms with Crippen molar-refractivity contribution in [2.75, 3.05) is 45.2 Å². The van der Waals surface area contributed by atoms with Crippen LogP contribution in [0.15, 0.2) is 30.3 Å². The third-order valence-electron chi connectivity index (χ3n) is 4.42. The van der Waals surface area contributed by atoms with Gasteiger partial charge < -0.3 is 9.80 Å². The maximum Gasteiger partial charge on any atom is 0.241 e. The molecule has 1 saturated heterocycles. The second-order valence-corrected chi connectivity index (χ2v) is 6.26. The fraction of sp³-hybridized carbons (Fsp3) is 0.556. The predicted molar refractivity (Wildman–Crippen MR) is 92.3 cm³/mol. The van der Waals surface area contributed by atoms with E-state index in [1.54, 1.807) is 19.0 Å². The Morgan fingerprint density at radius 2 is 1.74 bits per heavy atom. The van der Waals surface area contributed by atoms with E-state index in [2.05, 4.69) is 4.90 Å². The molecule has 1 aromatic carbocycles. The molecule has 1 fully saturated rings. The first-order chi connectivity index (χ1) is 11.0. The number of carbonyl (C=O) groups excluding carboxylic acids is 2. The number of likely N-dealkylation sites (tertiary alicyclic amines) is 1. The molecule has 5 heteroatoms. The molecule has 0 unspecified atom stereocenters. The number of piperidine rings is 1. The molecule has 0 radical (unpaired) electrons. The SMILES string of the molecule is CCN(C(=O)CN1CCC(C(=O)N(C)C)CC1)c1ccccc1. The van der Waals surface area contributed by atoms with Gasteiger partial charge in [0.2, 0.25) is 11.8 Å². The molecular weight excluding hydrogens is 290 g/mol. The highest BCUT2D eigenvalue weighted by Crippen LogP contribution is 2.20. The van der Waals surface area contributed by atoms with Crippen LogP contribution in [0.4, 0.5) is 5.69 Å². The summed E-state index contributed by atoms with van der Waals surface area (Å²) in [5, 5.41) is 0. The number of carbonyl (C=O) groups is 2. The van der Waals surface area contributed by atoms with Gasteiger partial charge in [-0.25, -0.2) is 0 Å². The lowest BCUT2D eigenvalue weighted by atomic mass is 9.95. The van der Waals surface area contributed by atoms with Gasteiger partial charge in [-0.1, -0.05) is 18.2 Å². The summed E-state index contributed by atoms with van der Waals surface area (Å²) in [6.07, 6.45) is 1.67. The second kappa shape index (κ2) is 8.11. The van der Waals surface area contributed by atoms with Crippen molar-refractivity contribution in [3.8, 4) is 0 Å². The van der Waals surface area contributed by atoms with E-state index in [4.69, 9.17) is 0 Å². The summed E-state index contributed by atoms with van der Waals surface area (Å²) in [5.41, 5.74) is 0.942. The number of rotatable bonds is 5. The highest BCUT2D eigenvalue weighted by molar-refractivity contribution is 5.94. The molecule has 126 valence electrons. The Hall–Kier alpha value is -1.88. The van der Waals surface area contributed by atoms with Gasteiger partial charge in [-0.05, 0) is 45.0 Å². The number of para-hydroxylation sites is 1. The van der Waals surface area contributed by atoms with Crippen molar-refractivity contribution in [3.63, 3.8) is 0 Å². The van der Waals surface area contributed by atoms with Crippen molar-refractivity contribution in [2.24, 2.45) is 5.92 Å². The number of anilines is 1. The van der Waals surface area contributed by atoms with Crippen molar-refractivity contribution in [1.82, 2.24) is 9.80 Å². The minimum absolute atomic E-state index is 0.104. The van der Waals surface area contributed by atoms with Crippen molar-refractivity contribution in [1.29, 1.82) is 0 Å². The minimum atomic E-state index is 0.104. The van der Waals surface area contributed by atoms with E-state index in [9.17, 15) is 9.59 Å². The van der Waals surface area contributed by atoms with Crippen LogP contribution in [-0.4, -0.2) is 61.9 Å². The van der Waals surface area contributed by atoms with Gasteiger partial charge in [0.15, 0.2) is 0 Å². The van der Waals surface area contributed by atoms with E-state index in [-0.39, 0.29) is 17.7 Å². The summed E-state index contributed by atoms with van der Waals surface area (Å²) in [6.45, 7) is 4.70. The summed E-state index contributed by atoms with van der Waals surface area (Å²) in [5.74, 6) is 0.430. The predicted octanol–water partition coefficient (Wildman–Crippen LogP) is 1.84. The van der Waals surface area contributed by atoms with E-state index in [0.29, 0.717) is 13.1 Å². The van der Waals surface area contributed by atoms with Gasteiger partial charge in [-0.15, -0.1) is 0 Å². The van der Waals surface area contributed by atoms with Crippen LogP contribution in [0.25, 0.3) is 0 Å². The van der Waals surface area contributed by atoms with Crippen molar-refractivity contribution in [3.05, 3.63) is 30.3 Å². The molecule has 0 saturated carbocycles. The molecule has 5 nitrogen and oxygen atoms in total. The maximum atomic E-state index is 12.6. The number of amides is 2. The number of hydrogen-bond donors (Lipinski definition) is 0. The van der Waals surface area contributed by atoms with Crippen LogP contribution in [0.1, 0.15) is 19.8 Å². The van der Waals surface area contributed by atoms with Crippen LogP contribution < -0.4 is 4.90 Å². The van der Waals surface area contributed by atoms with Crippen molar-refractivity contribution in [2.45, 2.75) is 19.8 Å². The Kier molecular flexibility index (Phi) is 6.16. The summed E-state index contributed by atoms with van der Waals surface area (Å²) in [4.78, 5) is 30.2. The van der Waals surface area contributed by atoms with Crippen molar-refractivity contribution < 1.29 is 9.59 Å². The largest absolute Gasteiger partial charge is 0.349 e. The van der Waals surface area contributed by atoms with Gasteiger partial charge in [-0.3, -0.25) is 14.5 Å². The molecule has 23 heavy (non-hydrogen) atoms. The molecule has 1 aliphatic rings. The first-order valence-corrected chi connectivity index (χ1v) is 8.31. The summed E-state index contributed by atoms with van der Waals surface area (Å²) >= 11 is 0. The Balaban J connectivity index is 1.88. The van der Waals surface area contributed by atoms with E-state index in [1.807, 2.05) is 42.2 Å². The van der Waals surface area contributed by atoms with E-state index >= 15 is 0 Å². The summed E-state index contributed by atoms with van der Waals surface area (Å²) in [6, 6.07) is 9.77. The first-order valence-electron chi connectivity index (χ1n) is 8.31. The normalized spacial score (nSPS) is 16.1. The van der Waals surface area contributed by atoms with Gasteiger partial charge in [0.25, 0.3) is 0 Å². The number of benzene rings is 1. The minimum Gasteiger partial charge on any atom is -0.349 e. The fourth-order valence-electron chi connectivity index (χ4n) is 3.09. The van der Waals surface area contributed by atoms with E-state index in [0.717, 1.165) is 31.6 Å². The monoisotopic (exact) mass is 317 g/mol. The molecule has 2 amide bonds. The van der Waals surface area contributed by atoms with Crippen LogP contribution in [0, 0.1) is 5.92 Å². The third kappa shape index (κ3) is 4.55. The van der Waals surface area contributed by atoms with Crippen LogP contribution in [-0.2, 0) is 9.59 Å². The third-order valence-corrected chi connectivity index (χ3v) is 4.42. The van der Waals surface area contributed by atoms with Crippen LogP contribution >= 0.6 is 0 Å². The van der Waals surface area contributed by atoms with Gasteiger partial charge in [0.05, 0.1) is 6.54 Å². The molecule has 1 aromatic rings. The maximum absolute atomic E-state index is 12.6. The van der Waals surface area contributed by atoms with Crippen LogP contribution in [0.5, 0.6) is 0 Å². The molecule has 0 bridgehead atoms. The van der Waals surface area contributed by atoms with Gasteiger partial charge >= 0.3 is 0 Å². The molecule has 1 heterocycles. The average molecular weight is 317 g/mol. The molecule has 0 aromatic heterocycles. The zero-order chi connectivity index (χ0) is 16.8. The van der Waals surface area contributed by atoms with Gasteiger partial charge in [0.1, 0.15) is 0 Å². The van der Waals surface area contributed by atoms with E-state index < -0.39 is 0 Å². The topological polar surface area (TPSA) is 43.9 Å². The van der Waals surface area contributed by atoms with Crippen molar-refractivity contribution >= 4 is 17.5 Å². The quantitative estimate of drug-likeness (QED) is 0.832. The fourth-order valence-corrected chi connectivity index (χ4v) is 3.09. The lowest BCUT2D eigenvalue weighted by molar-refractivity contribution is -0.134. The smallest absolute Gasteiger partial charge is 0.241 e. The first kappa shape index (κ1) is 17.5. The Morgan fingerprint density at radius 3 is 2.26 bits per heavy atom. The lowest BCUT2D eigenvalue weighted by Crippen LogP contribution is -2.45. The highest BCUT2D eigenvalue weighted by atomic mass is 16.2. The number of hydrogen-bond acceptors (Lipinski definition) is 3. The molecular formula is C18H27N3O2. The van der Waals surface area contributed by atoms with E-state index in [1.165, 1.54) is 0 Å². The molecule has 1 aliphatic heterocycles. The summed E-state index contributed by atoms with van der Waals surface area (Å²) < 4.78 is 0.